The van der Waals surface area contributed by atoms with Crippen LogP contribution in [0.15, 0.2) is 0 Å². The minimum absolute atomic E-state index is 0.115. The molecule has 1 amide bonds. The van der Waals surface area contributed by atoms with Crippen molar-refractivity contribution in [2.24, 2.45) is 5.92 Å². The molecule has 0 bridgehead atoms. The maximum Gasteiger partial charge on any atom is 0.220 e. The van der Waals surface area contributed by atoms with Gasteiger partial charge in [-0.15, -0.1) is 0 Å². The van der Waals surface area contributed by atoms with Crippen LogP contribution in [0.25, 0.3) is 0 Å². The van der Waals surface area contributed by atoms with Crippen molar-refractivity contribution in [2.45, 2.75) is 64.4 Å². The highest BCUT2D eigenvalue weighted by molar-refractivity contribution is 5.75. The second-order valence-corrected chi connectivity index (χ2v) is 4.96. The second-order valence-electron chi connectivity index (χ2n) is 4.96. The molecule has 2 N–H and O–H groups in total. The fraction of sp³-hybridized carbons (Fsp3) is 0.923. The van der Waals surface area contributed by atoms with Gasteiger partial charge in [-0.25, -0.2) is 0 Å². The van der Waals surface area contributed by atoms with Crippen molar-refractivity contribution in [3.63, 3.8) is 0 Å². The quantitative estimate of drug-likeness (QED) is 0.625. The number of aliphatic hydroxyl groups is 1. The number of unbranched alkanes of at least 4 members (excludes halogenated alkanes) is 4. The highest BCUT2D eigenvalue weighted by Gasteiger charge is 2.26. The number of hydrogen-bond donors (Lipinski definition) is 2. The molecule has 0 aromatic rings. The molecule has 3 heteroatoms. The van der Waals surface area contributed by atoms with Crippen molar-refractivity contribution < 1.29 is 9.90 Å². The zero-order valence-electron chi connectivity index (χ0n) is 10.4. The van der Waals surface area contributed by atoms with E-state index in [0.717, 1.165) is 25.8 Å². The Hall–Kier alpha value is -0.570. The minimum atomic E-state index is -0.115. The smallest absolute Gasteiger partial charge is 0.220 e. The lowest BCUT2D eigenvalue weighted by Crippen LogP contribution is -2.38. The van der Waals surface area contributed by atoms with Gasteiger partial charge in [-0.3, -0.25) is 4.79 Å². The van der Waals surface area contributed by atoms with E-state index in [9.17, 15) is 4.79 Å². The molecule has 1 fully saturated rings. The lowest BCUT2D eigenvalue weighted by molar-refractivity contribution is -0.121. The van der Waals surface area contributed by atoms with Crippen molar-refractivity contribution >= 4 is 5.91 Å². The molecule has 0 heterocycles. The first kappa shape index (κ1) is 13.5. The average molecular weight is 227 g/mol. The first-order valence-electron chi connectivity index (χ1n) is 6.67. The van der Waals surface area contributed by atoms with E-state index < -0.39 is 0 Å². The fourth-order valence-electron chi connectivity index (χ4n) is 2.10. The topological polar surface area (TPSA) is 49.3 Å². The molecule has 1 saturated carbocycles. The van der Waals surface area contributed by atoms with Crippen LogP contribution in [0.5, 0.6) is 0 Å². The summed E-state index contributed by atoms with van der Waals surface area (Å²) in [4.78, 5) is 11.4. The summed E-state index contributed by atoms with van der Waals surface area (Å²) in [6.45, 7) is 2.95. The Bertz CT molecular complexity index is 200. The van der Waals surface area contributed by atoms with Gasteiger partial charge in [0, 0.05) is 13.0 Å². The lowest BCUT2D eigenvalue weighted by Gasteiger charge is -2.31. The average Bonchev–Trinajstić information content (AvgIpc) is 2.22. The van der Waals surface area contributed by atoms with Crippen LogP contribution in [0.4, 0.5) is 0 Å². The molecule has 0 spiro atoms. The van der Waals surface area contributed by atoms with Crippen molar-refractivity contribution in [2.75, 3.05) is 6.54 Å². The summed E-state index contributed by atoms with van der Waals surface area (Å²) in [7, 11) is 0. The number of carbonyl (C=O) groups is 1. The molecule has 1 aliphatic carbocycles. The third-order valence-corrected chi connectivity index (χ3v) is 3.31. The summed E-state index contributed by atoms with van der Waals surface area (Å²) in [5, 5.41) is 12.0. The third kappa shape index (κ3) is 5.50. The Morgan fingerprint density at radius 1 is 1.25 bits per heavy atom. The van der Waals surface area contributed by atoms with E-state index in [1.54, 1.807) is 0 Å². The first-order chi connectivity index (χ1) is 7.72. The molecule has 94 valence electrons. The largest absolute Gasteiger partial charge is 0.393 e. The zero-order valence-corrected chi connectivity index (χ0v) is 10.4. The van der Waals surface area contributed by atoms with E-state index in [4.69, 9.17) is 5.11 Å². The molecule has 0 aromatic carbocycles. The Labute approximate surface area is 98.6 Å². The maximum absolute atomic E-state index is 11.4. The SMILES string of the molecule is CCCCCCCC(=O)NCC1CC(O)C1. The van der Waals surface area contributed by atoms with Gasteiger partial charge in [-0.1, -0.05) is 32.6 Å². The van der Waals surface area contributed by atoms with Crippen LogP contribution in [-0.4, -0.2) is 23.7 Å². The molecule has 3 nitrogen and oxygen atoms in total. The van der Waals surface area contributed by atoms with E-state index in [1.165, 1.54) is 25.7 Å². The third-order valence-electron chi connectivity index (χ3n) is 3.31. The number of carbonyl (C=O) groups excluding carboxylic acids is 1. The van der Waals surface area contributed by atoms with Crippen LogP contribution in [0.2, 0.25) is 0 Å². The molecular formula is C13H25NO2. The van der Waals surface area contributed by atoms with Gasteiger partial charge < -0.3 is 10.4 Å². The Morgan fingerprint density at radius 2 is 1.94 bits per heavy atom. The molecule has 0 saturated heterocycles. The highest BCUT2D eigenvalue weighted by Crippen LogP contribution is 2.26. The van der Waals surface area contributed by atoms with Gasteiger partial charge in [-0.2, -0.15) is 0 Å². The van der Waals surface area contributed by atoms with Crippen LogP contribution in [-0.2, 0) is 4.79 Å². The number of nitrogens with one attached hydrogen (secondary N) is 1. The molecule has 0 aromatic heterocycles. The van der Waals surface area contributed by atoms with E-state index in [1.807, 2.05) is 0 Å². The van der Waals surface area contributed by atoms with Crippen molar-refractivity contribution in [3.05, 3.63) is 0 Å². The summed E-state index contributed by atoms with van der Waals surface area (Å²) >= 11 is 0. The van der Waals surface area contributed by atoms with Gasteiger partial charge in [0.1, 0.15) is 0 Å². The molecule has 0 unspecified atom stereocenters. The van der Waals surface area contributed by atoms with Gasteiger partial charge in [0.25, 0.3) is 0 Å². The Balaban J connectivity index is 1.87. The molecule has 0 aliphatic heterocycles. The second kappa shape index (κ2) is 7.66. The van der Waals surface area contributed by atoms with Gasteiger partial charge >= 0.3 is 0 Å². The molecule has 0 atom stereocenters. The zero-order chi connectivity index (χ0) is 11.8. The van der Waals surface area contributed by atoms with E-state index >= 15 is 0 Å². The standard InChI is InChI=1S/C13H25NO2/c1-2-3-4-5-6-7-13(16)14-10-11-8-12(15)9-11/h11-12,15H,2-10H2,1H3,(H,14,16). The summed E-state index contributed by atoms with van der Waals surface area (Å²) < 4.78 is 0. The van der Waals surface area contributed by atoms with Crippen molar-refractivity contribution in [3.8, 4) is 0 Å². The maximum atomic E-state index is 11.4. The summed E-state index contributed by atoms with van der Waals surface area (Å²) in [6, 6.07) is 0. The predicted octanol–water partition coefficient (Wildman–Crippen LogP) is 2.23. The molecule has 0 radical (unpaired) electrons. The first-order valence-corrected chi connectivity index (χ1v) is 6.67. The van der Waals surface area contributed by atoms with Crippen LogP contribution in [0.3, 0.4) is 0 Å². The number of amides is 1. The molecular weight excluding hydrogens is 202 g/mol. The summed E-state index contributed by atoms with van der Waals surface area (Å²) in [6.07, 6.45) is 8.22. The van der Waals surface area contributed by atoms with Gasteiger partial charge in [0.2, 0.25) is 5.91 Å². The summed E-state index contributed by atoms with van der Waals surface area (Å²) in [5.41, 5.74) is 0. The monoisotopic (exact) mass is 227 g/mol. The highest BCUT2D eigenvalue weighted by atomic mass is 16.3. The lowest BCUT2D eigenvalue weighted by atomic mass is 9.82. The Morgan fingerprint density at radius 3 is 2.56 bits per heavy atom. The van der Waals surface area contributed by atoms with E-state index in [-0.39, 0.29) is 12.0 Å². The van der Waals surface area contributed by atoms with Crippen molar-refractivity contribution in [1.82, 2.24) is 5.32 Å². The minimum Gasteiger partial charge on any atom is -0.393 e. The number of hydrogen-bond acceptors (Lipinski definition) is 2. The number of aliphatic hydroxyl groups excluding tert-OH is 1. The fourth-order valence-corrected chi connectivity index (χ4v) is 2.10. The Kier molecular flexibility index (Phi) is 6.46. The van der Waals surface area contributed by atoms with Crippen LogP contribution < -0.4 is 5.32 Å². The van der Waals surface area contributed by atoms with Gasteiger partial charge in [0.05, 0.1) is 6.10 Å². The van der Waals surface area contributed by atoms with Crippen LogP contribution >= 0.6 is 0 Å². The van der Waals surface area contributed by atoms with Gasteiger partial charge in [-0.05, 0) is 25.2 Å². The van der Waals surface area contributed by atoms with E-state index in [0.29, 0.717) is 12.3 Å². The van der Waals surface area contributed by atoms with Gasteiger partial charge in [0.15, 0.2) is 0 Å². The normalized spacial score (nSPS) is 23.9. The van der Waals surface area contributed by atoms with Crippen LogP contribution in [0.1, 0.15) is 58.3 Å². The van der Waals surface area contributed by atoms with Crippen LogP contribution in [0, 0.1) is 5.92 Å². The van der Waals surface area contributed by atoms with Crippen molar-refractivity contribution in [1.29, 1.82) is 0 Å². The molecule has 1 aliphatic rings. The predicted molar refractivity (Wildman–Crippen MR) is 65.1 cm³/mol. The molecule has 1 rings (SSSR count). The number of rotatable bonds is 8. The summed E-state index contributed by atoms with van der Waals surface area (Å²) in [5.74, 6) is 0.692. The molecule has 16 heavy (non-hydrogen) atoms. The van der Waals surface area contributed by atoms with E-state index in [2.05, 4.69) is 12.2 Å².